The van der Waals surface area contributed by atoms with E-state index in [-0.39, 0.29) is 17.7 Å². The first kappa shape index (κ1) is 17.4. The summed E-state index contributed by atoms with van der Waals surface area (Å²) in [7, 11) is 2.06. The van der Waals surface area contributed by atoms with Crippen molar-refractivity contribution in [1.29, 1.82) is 0 Å². The van der Waals surface area contributed by atoms with Crippen LogP contribution in [0.5, 0.6) is 0 Å². The van der Waals surface area contributed by atoms with Gasteiger partial charge in [0, 0.05) is 37.4 Å². The van der Waals surface area contributed by atoms with Gasteiger partial charge in [-0.2, -0.15) is 0 Å². The highest BCUT2D eigenvalue weighted by Crippen LogP contribution is 2.14. The fraction of sp³-hybridized carbons (Fsp3) is 0.529. The van der Waals surface area contributed by atoms with Gasteiger partial charge in [0.05, 0.1) is 6.04 Å². The van der Waals surface area contributed by atoms with Gasteiger partial charge in [0.25, 0.3) is 5.91 Å². The number of hydrogen-bond acceptors (Lipinski definition) is 4. The number of likely N-dealkylation sites (N-methyl/N-ethyl adjacent to an activating group) is 1. The summed E-state index contributed by atoms with van der Waals surface area (Å²) in [5, 5.41) is 2.78. The summed E-state index contributed by atoms with van der Waals surface area (Å²) in [4.78, 5) is 28.4. The molecule has 1 fully saturated rings. The Morgan fingerprint density at radius 1 is 1.09 bits per heavy atom. The van der Waals surface area contributed by atoms with Gasteiger partial charge in [-0.05, 0) is 37.2 Å². The van der Waals surface area contributed by atoms with E-state index in [9.17, 15) is 9.59 Å². The molecule has 1 aromatic rings. The average molecular weight is 318 g/mol. The summed E-state index contributed by atoms with van der Waals surface area (Å²) >= 11 is 0. The predicted molar refractivity (Wildman–Crippen MR) is 91.3 cm³/mol. The molecule has 6 heteroatoms. The number of piperazine rings is 1. The molecule has 2 rings (SSSR count). The number of nitrogens with one attached hydrogen (secondary N) is 1. The van der Waals surface area contributed by atoms with Crippen LogP contribution in [0.1, 0.15) is 24.2 Å². The minimum Gasteiger partial charge on any atom is -0.336 e. The normalized spacial score (nSPS) is 17.2. The van der Waals surface area contributed by atoms with Crippen LogP contribution in [0.15, 0.2) is 24.3 Å². The van der Waals surface area contributed by atoms with Crippen molar-refractivity contribution >= 4 is 17.5 Å². The van der Waals surface area contributed by atoms with Crippen molar-refractivity contribution < 1.29 is 9.59 Å². The molecule has 0 saturated carbocycles. The topological polar surface area (TPSA) is 78.7 Å². The Kier molecular flexibility index (Phi) is 5.74. The lowest BCUT2D eigenvalue weighted by Crippen LogP contribution is -2.47. The largest absolute Gasteiger partial charge is 0.336 e. The molecule has 1 atom stereocenters. The van der Waals surface area contributed by atoms with Gasteiger partial charge in [-0.1, -0.05) is 13.8 Å². The Hall–Kier alpha value is -1.92. The lowest BCUT2D eigenvalue weighted by atomic mass is 10.0. The molecule has 1 saturated heterocycles. The zero-order valence-electron chi connectivity index (χ0n) is 14.1. The maximum atomic E-state index is 12.4. The van der Waals surface area contributed by atoms with E-state index in [0.29, 0.717) is 11.3 Å². The highest BCUT2D eigenvalue weighted by Gasteiger charge is 2.21. The Labute approximate surface area is 137 Å². The number of nitrogens with two attached hydrogens (primary N) is 1. The van der Waals surface area contributed by atoms with Crippen LogP contribution in [0, 0.1) is 5.92 Å². The summed E-state index contributed by atoms with van der Waals surface area (Å²) in [6.45, 7) is 7.10. The van der Waals surface area contributed by atoms with Gasteiger partial charge in [0.1, 0.15) is 0 Å². The highest BCUT2D eigenvalue weighted by molar-refractivity contribution is 5.97. The van der Waals surface area contributed by atoms with Crippen LogP contribution in [0.4, 0.5) is 5.69 Å². The van der Waals surface area contributed by atoms with E-state index in [1.165, 1.54) is 0 Å². The predicted octanol–water partition coefficient (Wildman–Crippen LogP) is 0.996. The molecule has 1 aromatic carbocycles. The molecule has 0 unspecified atom stereocenters. The van der Waals surface area contributed by atoms with Gasteiger partial charge in [-0.25, -0.2) is 0 Å². The number of hydrogen-bond donors (Lipinski definition) is 2. The Morgan fingerprint density at radius 3 is 2.17 bits per heavy atom. The van der Waals surface area contributed by atoms with Crippen molar-refractivity contribution in [1.82, 2.24) is 9.80 Å². The third-order valence-electron chi connectivity index (χ3n) is 4.21. The van der Waals surface area contributed by atoms with E-state index in [2.05, 4.69) is 17.3 Å². The number of anilines is 1. The molecule has 23 heavy (non-hydrogen) atoms. The van der Waals surface area contributed by atoms with Crippen molar-refractivity contribution in [3.8, 4) is 0 Å². The number of nitrogens with zero attached hydrogens (tertiary/aromatic N) is 2. The summed E-state index contributed by atoms with van der Waals surface area (Å²) in [5.74, 6) is -0.0962. The summed E-state index contributed by atoms with van der Waals surface area (Å²) in [6.07, 6.45) is 0. The van der Waals surface area contributed by atoms with E-state index >= 15 is 0 Å². The molecular formula is C17H26N4O2. The molecule has 0 radical (unpaired) electrons. The first-order valence-electron chi connectivity index (χ1n) is 8.03. The maximum Gasteiger partial charge on any atom is 0.253 e. The van der Waals surface area contributed by atoms with Gasteiger partial charge in [0.2, 0.25) is 5.91 Å². The van der Waals surface area contributed by atoms with Crippen LogP contribution in [0.25, 0.3) is 0 Å². The smallest absolute Gasteiger partial charge is 0.253 e. The van der Waals surface area contributed by atoms with E-state index in [0.717, 1.165) is 26.2 Å². The Balaban J connectivity index is 1.96. The summed E-state index contributed by atoms with van der Waals surface area (Å²) in [5.41, 5.74) is 7.11. The molecule has 2 amide bonds. The van der Waals surface area contributed by atoms with Gasteiger partial charge >= 0.3 is 0 Å². The SMILES string of the molecule is CC(C)[C@H](N)C(=O)Nc1ccc(C(=O)N2CCN(C)CC2)cc1. The van der Waals surface area contributed by atoms with Gasteiger partial charge in [-0.3, -0.25) is 9.59 Å². The Morgan fingerprint density at radius 2 is 1.65 bits per heavy atom. The monoisotopic (exact) mass is 318 g/mol. The Bertz CT molecular complexity index is 548. The number of rotatable bonds is 4. The molecule has 0 bridgehead atoms. The molecule has 1 aliphatic heterocycles. The summed E-state index contributed by atoms with van der Waals surface area (Å²) in [6, 6.07) is 6.44. The molecule has 6 nitrogen and oxygen atoms in total. The van der Waals surface area contributed by atoms with Crippen molar-refractivity contribution in [2.75, 3.05) is 38.5 Å². The van der Waals surface area contributed by atoms with Crippen molar-refractivity contribution in [3.63, 3.8) is 0 Å². The molecule has 3 N–H and O–H groups in total. The zero-order valence-corrected chi connectivity index (χ0v) is 14.1. The third kappa shape index (κ3) is 4.53. The highest BCUT2D eigenvalue weighted by atomic mass is 16.2. The zero-order chi connectivity index (χ0) is 17.0. The molecule has 0 spiro atoms. The molecular weight excluding hydrogens is 292 g/mol. The van der Waals surface area contributed by atoms with Gasteiger partial charge in [0.15, 0.2) is 0 Å². The molecule has 0 aromatic heterocycles. The maximum absolute atomic E-state index is 12.4. The van der Waals surface area contributed by atoms with Crippen LogP contribution < -0.4 is 11.1 Å². The second-order valence-corrected chi connectivity index (χ2v) is 6.43. The molecule has 1 heterocycles. The van der Waals surface area contributed by atoms with Crippen LogP contribution >= 0.6 is 0 Å². The minimum absolute atomic E-state index is 0.0369. The van der Waals surface area contributed by atoms with E-state index < -0.39 is 6.04 Å². The minimum atomic E-state index is -0.540. The fourth-order valence-corrected chi connectivity index (χ4v) is 2.42. The number of benzene rings is 1. The quantitative estimate of drug-likeness (QED) is 0.868. The fourth-order valence-electron chi connectivity index (χ4n) is 2.42. The number of amides is 2. The van der Waals surface area contributed by atoms with E-state index in [4.69, 9.17) is 5.73 Å². The van der Waals surface area contributed by atoms with Gasteiger partial charge < -0.3 is 20.9 Å². The lowest BCUT2D eigenvalue weighted by molar-refractivity contribution is -0.118. The second kappa shape index (κ2) is 7.57. The molecule has 126 valence electrons. The van der Waals surface area contributed by atoms with Crippen molar-refractivity contribution in [3.05, 3.63) is 29.8 Å². The van der Waals surface area contributed by atoms with Crippen LogP contribution in [0.3, 0.4) is 0 Å². The molecule has 1 aliphatic rings. The van der Waals surface area contributed by atoms with Crippen molar-refractivity contribution in [2.45, 2.75) is 19.9 Å². The van der Waals surface area contributed by atoms with E-state index in [1.54, 1.807) is 24.3 Å². The number of carbonyl (C=O) groups excluding carboxylic acids is 2. The lowest BCUT2D eigenvalue weighted by Gasteiger charge is -2.32. The average Bonchev–Trinajstić information content (AvgIpc) is 2.54. The second-order valence-electron chi connectivity index (χ2n) is 6.43. The van der Waals surface area contributed by atoms with Crippen LogP contribution in [-0.2, 0) is 4.79 Å². The van der Waals surface area contributed by atoms with Crippen LogP contribution in [0.2, 0.25) is 0 Å². The van der Waals surface area contributed by atoms with Crippen LogP contribution in [-0.4, -0.2) is 60.9 Å². The third-order valence-corrected chi connectivity index (χ3v) is 4.21. The standard InChI is InChI=1S/C17H26N4O2/c1-12(2)15(18)16(22)19-14-6-4-13(5-7-14)17(23)21-10-8-20(3)9-11-21/h4-7,12,15H,8-11,18H2,1-3H3,(H,19,22)/t15-/m0/s1. The van der Waals surface area contributed by atoms with Crippen molar-refractivity contribution in [2.24, 2.45) is 11.7 Å². The van der Waals surface area contributed by atoms with E-state index in [1.807, 2.05) is 18.7 Å². The summed E-state index contributed by atoms with van der Waals surface area (Å²) < 4.78 is 0. The first-order chi connectivity index (χ1) is 10.9. The molecule has 0 aliphatic carbocycles. The number of carbonyl (C=O) groups is 2. The van der Waals surface area contributed by atoms with Gasteiger partial charge in [-0.15, -0.1) is 0 Å². The first-order valence-corrected chi connectivity index (χ1v) is 8.03.